The average molecular weight is 399 g/mol. The van der Waals surface area contributed by atoms with Gasteiger partial charge in [0.2, 0.25) is 0 Å². The van der Waals surface area contributed by atoms with Crippen LogP contribution in [0.15, 0.2) is 36.4 Å². The van der Waals surface area contributed by atoms with Gasteiger partial charge in [-0.1, -0.05) is 0 Å². The Morgan fingerprint density at radius 2 is 1.71 bits per heavy atom. The Balaban J connectivity index is 2.02. The first-order valence-electron chi connectivity index (χ1n) is 8.88. The lowest BCUT2D eigenvalue weighted by atomic mass is 10.1. The summed E-state index contributed by atoms with van der Waals surface area (Å²) >= 11 is 1.51. The van der Waals surface area contributed by atoms with E-state index in [1.54, 1.807) is 6.07 Å². The lowest BCUT2D eigenvalue weighted by Crippen LogP contribution is -1.98. The number of aryl methyl sites for hydroxylation is 1. The van der Waals surface area contributed by atoms with E-state index in [2.05, 4.69) is 0 Å². The number of carboxylic acids is 1. The Kier molecular flexibility index (Phi) is 5.84. The van der Waals surface area contributed by atoms with Gasteiger partial charge >= 0.3 is 5.97 Å². The third kappa shape index (κ3) is 3.94. The van der Waals surface area contributed by atoms with Crippen molar-refractivity contribution < 1.29 is 24.5 Å². The van der Waals surface area contributed by atoms with Crippen molar-refractivity contribution in [2.24, 2.45) is 0 Å². The van der Waals surface area contributed by atoms with Crippen molar-refractivity contribution >= 4 is 17.3 Å². The molecule has 0 saturated carbocycles. The van der Waals surface area contributed by atoms with Crippen LogP contribution in [0, 0.1) is 6.92 Å². The Labute approximate surface area is 167 Å². The lowest BCUT2D eigenvalue weighted by molar-refractivity contribution is 0.0694. The van der Waals surface area contributed by atoms with Crippen LogP contribution < -0.4 is 9.47 Å². The van der Waals surface area contributed by atoms with Gasteiger partial charge in [-0.25, -0.2) is 9.78 Å². The number of hydrogen-bond donors (Lipinski definition) is 2. The van der Waals surface area contributed by atoms with E-state index in [-0.39, 0.29) is 11.3 Å². The number of hydrogen-bond acceptors (Lipinski definition) is 6. The minimum atomic E-state index is -1.18. The molecule has 0 aliphatic carbocycles. The van der Waals surface area contributed by atoms with Crippen LogP contribution in [-0.2, 0) is 0 Å². The zero-order valence-corrected chi connectivity index (χ0v) is 16.7. The molecule has 2 aromatic carbocycles. The molecule has 0 unspecified atom stereocenters. The number of benzene rings is 2. The lowest BCUT2D eigenvalue weighted by Gasteiger charge is -2.11. The number of aromatic hydroxyl groups is 1. The zero-order valence-electron chi connectivity index (χ0n) is 15.9. The third-order valence-electron chi connectivity index (χ3n) is 4.09. The highest BCUT2D eigenvalue weighted by atomic mass is 32.1. The number of aromatic carboxylic acids is 1. The average Bonchev–Trinajstić information content (AvgIpc) is 3.05. The van der Waals surface area contributed by atoms with E-state index in [4.69, 9.17) is 14.5 Å². The van der Waals surface area contributed by atoms with Crippen LogP contribution >= 0.6 is 11.3 Å². The molecule has 0 radical (unpaired) electrons. The van der Waals surface area contributed by atoms with Gasteiger partial charge in [-0.05, 0) is 57.2 Å². The van der Waals surface area contributed by atoms with E-state index in [9.17, 15) is 15.0 Å². The number of carbonyl (C=O) groups is 1. The Morgan fingerprint density at radius 3 is 2.39 bits per heavy atom. The molecule has 6 nitrogen and oxygen atoms in total. The summed E-state index contributed by atoms with van der Waals surface area (Å²) in [6, 6.07) is 10.2. The van der Waals surface area contributed by atoms with E-state index in [0.29, 0.717) is 36.0 Å². The maximum Gasteiger partial charge on any atom is 0.339 e. The van der Waals surface area contributed by atoms with Crippen molar-refractivity contribution in [3.8, 4) is 39.1 Å². The highest BCUT2D eigenvalue weighted by molar-refractivity contribution is 7.15. The summed E-state index contributed by atoms with van der Waals surface area (Å²) in [5.74, 6) is -0.0992. The number of ether oxygens (including phenoxy) is 2. The summed E-state index contributed by atoms with van der Waals surface area (Å²) in [5, 5.41) is 19.8. The minimum absolute atomic E-state index is 0.147. The fraction of sp³-hybridized carbons (Fsp3) is 0.238. The smallest absolute Gasteiger partial charge is 0.339 e. The largest absolute Gasteiger partial charge is 0.507 e. The second-order valence-corrected chi connectivity index (χ2v) is 7.19. The number of carboxylic acid groups (broad SMARTS) is 1. The van der Waals surface area contributed by atoms with Gasteiger partial charge in [-0.2, -0.15) is 0 Å². The van der Waals surface area contributed by atoms with Gasteiger partial charge < -0.3 is 19.7 Å². The number of aromatic nitrogens is 1. The molecule has 0 aliphatic rings. The molecule has 1 aromatic heterocycles. The van der Waals surface area contributed by atoms with Crippen LogP contribution in [0.1, 0.15) is 29.1 Å². The standard InChI is InChI=1S/C21H21NO5S/c1-4-26-17-9-7-14(11-18(17)27-5-2)20-22-19(12(3)28-20)13-6-8-16(23)15(10-13)21(24)25/h6-11,23H,4-5H2,1-3H3,(H,24,25). The van der Waals surface area contributed by atoms with Crippen LogP contribution in [-0.4, -0.2) is 34.4 Å². The summed E-state index contributed by atoms with van der Waals surface area (Å²) in [6.45, 7) is 6.84. The Bertz CT molecular complexity index is 1010. The van der Waals surface area contributed by atoms with E-state index >= 15 is 0 Å². The first-order valence-corrected chi connectivity index (χ1v) is 9.70. The molecule has 0 saturated heterocycles. The van der Waals surface area contributed by atoms with Crippen LogP contribution in [0.4, 0.5) is 0 Å². The van der Waals surface area contributed by atoms with Crippen molar-refractivity contribution in [3.05, 3.63) is 46.8 Å². The number of phenols is 1. The first kappa shape index (κ1) is 19.7. The number of rotatable bonds is 7. The topological polar surface area (TPSA) is 88.9 Å². The summed E-state index contributed by atoms with van der Waals surface area (Å²) < 4.78 is 11.3. The van der Waals surface area contributed by atoms with Gasteiger partial charge in [0, 0.05) is 16.0 Å². The van der Waals surface area contributed by atoms with Gasteiger partial charge in [0.25, 0.3) is 0 Å². The molecule has 0 spiro atoms. The molecule has 0 aliphatic heterocycles. The quantitative estimate of drug-likeness (QED) is 0.582. The molecule has 146 valence electrons. The first-order chi connectivity index (χ1) is 13.4. The van der Waals surface area contributed by atoms with Crippen molar-refractivity contribution in [3.63, 3.8) is 0 Å². The molecular weight excluding hydrogens is 378 g/mol. The van der Waals surface area contributed by atoms with Crippen LogP contribution in [0.2, 0.25) is 0 Å². The van der Waals surface area contributed by atoms with Gasteiger partial charge in [0.05, 0.1) is 18.9 Å². The van der Waals surface area contributed by atoms with Crippen molar-refractivity contribution in [1.82, 2.24) is 4.98 Å². The molecule has 1 heterocycles. The molecule has 0 fully saturated rings. The minimum Gasteiger partial charge on any atom is -0.507 e. The van der Waals surface area contributed by atoms with E-state index in [1.807, 2.05) is 39.0 Å². The highest BCUT2D eigenvalue weighted by Crippen LogP contribution is 2.38. The number of nitrogens with zero attached hydrogens (tertiary/aromatic N) is 1. The summed E-state index contributed by atoms with van der Waals surface area (Å²) in [5.41, 5.74) is 2.08. The predicted molar refractivity (Wildman–Crippen MR) is 109 cm³/mol. The molecule has 2 N–H and O–H groups in total. The molecular formula is C21H21NO5S. The van der Waals surface area contributed by atoms with Gasteiger partial charge in [-0.15, -0.1) is 11.3 Å². The fourth-order valence-corrected chi connectivity index (χ4v) is 3.76. The third-order valence-corrected chi connectivity index (χ3v) is 5.11. The molecule has 28 heavy (non-hydrogen) atoms. The summed E-state index contributed by atoms with van der Waals surface area (Å²) in [4.78, 5) is 17.0. The van der Waals surface area contributed by atoms with Gasteiger partial charge in [0.15, 0.2) is 11.5 Å². The van der Waals surface area contributed by atoms with E-state index < -0.39 is 5.97 Å². The van der Waals surface area contributed by atoms with Crippen molar-refractivity contribution in [1.29, 1.82) is 0 Å². The highest BCUT2D eigenvalue weighted by Gasteiger charge is 2.17. The van der Waals surface area contributed by atoms with Crippen LogP contribution in [0.25, 0.3) is 21.8 Å². The normalized spacial score (nSPS) is 10.7. The van der Waals surface area contributed by atoms with Gasteiger partial charge in [0.1, 0.15) is 16.3 Å². The molecule has 7 heteroatoms. The zero-order chi connectivity index (χ0) is 20.3. The molecule has 3 rings (SSSR count). The van der Waals surface area contributed by atoms with Crippen molar-refractivity contribution in [2.45, 2.75) is 20.8 Å². The fourth-order valence-electron chi connectivity index (χ4n) is 2.83. The predicted octanol–water partition coefficient (Wildman–Crippen LogP) is 4.99. The van der Waals surface area contributed by atoms with E-state index in [0.717, 1.165) is 15.4 Å². The molecule has 0 amide bonds. The monoisotopic (exact) mass is 399 g/mol. The Morgan fingerprint density at radius 1 is 1.04 bits per heavy atom. The molecule has 0 atom stereocenters. The second kappa shape index (κ2) is 8.31. The Hall–Kier alpha value is -3.06. The van der Waals surface area contributed by atoms with Gasteiger partial charge in [-0.3, -0.25) is 0 Å². The van der Waals surface area contributed by atoms with Crippen molar-refractivity contribution in [2.75, 3.05) is 13.2 Å². The molecule has 3 aromatic rings. The van der Waals surface area contributed by atoms with Crippen LogP contribution in [0.3, 0.4) is 0 Å². The maximum atomic E-state index is 11.3. The van der Waals surface area contributed by atoms with Crippen LogP contribution in [0.5, 0.6) is 17.2 Å². The SMILES string of the molecule is CCOc1ccc(-c2nc(-c3ccc(O)c(C(=O)O)c3)c(C)s2)cc1OCC. The summed E-state index contributed by atoms with van der Waals surface area (Å²) in [6.07, 6.45) is 0. The maximum absolute atomic E-state index is 11.3. The molecule has 0 bridgehead atoms. The van der Waals surface area contributed by atoms with E-state index in [1.165, 1.54) is 23.5 Å². The second-order valence-electron chi connectivity index (χ2n) is 5.99. The summed E-state index contributed by atoms with van der Waals surface area (Å²) in [7, 11) is 0. The number of thiazole rings is 1.